The Balaban J connectivity index is 1.76. The molecule has 1 fully saturated rings. The fraction of sp³-hybridized carbons (Fsp3) is 0.467. The number of hydrogen-bond acceptors (Lipinski definition) is 5. The van der Waals surface area contributed by atoms with E-state index in [1.165, 1.54) is 6.07 Å². The van der Waals surface area contributed by atoms with Crippen LogP contribution in [0.2, 0.25) is 0 Å². The number of aromatic amines is 1. The number of nitrogens with one attached hydrogen (secondary N) is 1. The van der Waals surface area contributed by atoms with E-state index in [9.17, 15) is 9.59 Å². The Kier molecular flexibility index (Phi) is 3.79. The van der Waals surface area contributed by atoms with Crippen LogP contribution in [0.25, 0.3) is 11.4 Å². The van der Waals surface area contributed by atoms with E-state index in [-0.39, 0.29) is 17.4 Å². The van der Waals surface area contributed by atoms with Gasteiger partial charge in [0.25, 0.3) is 0 Å². The number of likely N-dealkylation sites (tertiary alicyclic amines) is 1. The van der Waals surface area contributed by atoms with Gasteiger partial charge < -0.3 is 14.4 Å². The molecule has 1 unspecified atom stereocenters. The number of H-pyrrole nitrogens is 1. The van der Waals surface area contributed by atoms with Crippen molar-refractivity contribution < 1.29 is 9.32 Å². The van der Waals surface area contributed by atoms with Gasteiger partial charge in [-0.25, -0.2) is 0 Å². The molecule has 3 heterocycles. The molecule has 0 radical (unpaired) electrons. The molecule has 1 aliphatic heterocycles. The molecule has 2 aromatic heterocycles. The van der Waals surface area contributed by atoms with Gasteiger partial charge in [-0.15, -0.1) is 0 Å². The van der Waals surface area contributed by atoms with E-state index in [0.29, 0.717) is 36.2 Å². The average molecular weight is 302 g/mol. The first-order valence-electron chi connectivity index (χ1n) is 7.33. The van der Waals surface area contributed by atoms with E-state index in [1.54, 1.807) is 12.3 Å². The topological polar surface area (TPSA) is 92.1 Å². The van der Waals surface area contributed by atoms with E-state index in [0.717, 1.165) is 6.54 Å². The van der Waals surface area contributed by atoms with Crippen molar-refractivity contribution in [1.29, 1.82) is 0 Å². The smallest absolute Gasteiger partial charge is 0.247 e. The van der Waals surface area contributed by atoms with Gasteiger partial charge in [0.15, 0.2) is 0 Å². The zero-order valence-corrected chi connectivity index (χ0v) is 12.6. The second-order valence-corrected chi connectivity index (χ2v) is 5.99. The third-order valence-electron chi connectivity index (χ3n) is 3.63. The van der Waals surface area contributed by atoms with Crippen LogP contribution in [-0.4, -0.2) is 39.0 Å². The van der Waals surface area contributed by atoms with Gasteiger partial charge in [-0.3, -0.25) is 9.59 Å². The lowest BCUT2D eigenvalue weighted by Gasteiger charge is -2.18. The lowest BCUT2D eigenvalue weighted by Crippen LogP contribution is -2.29. The first-order chi connectivity index (χ1) is 10.5. The molecule has 0 bridgehead atoms. The first-order valence-corrected chi connectivity index (χ1v) is 7.33. The van der Waals surface area contributed by atoms with Gasteiger partial charge in [0, 0.05) is 37.3 Å². The summed E-state index contributed by atoms with van der Waals surface area (Å²) >= 11 is 0. The molecule has 1 N–H and O–H groups in total. The van der Waals surface area contributed by atoms with E-state index in [4.69, 9.17) is 4.52 Å². The third-order valence-corrected chi connectivity index (χ3v) is 3.63. The van der Waals surface area contributed by atoms with Crippen LogP contribution < -0.4 is 5.56 Å². The molecular weight excluding hydrogens is 284 g/mol. The maximum absolute atomic E-state index is 12.0. The van der Waals surface area contributed by atoms with E-state index >= 15 is 0 Å². The number of aromatic nitrogens is 3. The normalized spacial score (nSPS) is 18.4. The summed E-state index contributed by atoms with van der Waals surface area (Å²) in [6.07, 6.45) is 1.95. The summed E-state index contributed by atoms with van der Waals surface area (Å²) in [6.45, 7) is 5.53. The van der Waals surface area contributed by atoms with Crippen LogP contribution in [0.5, 0.6) is 0 Å². The van der Waals surface area contributed by atoms with Crippen molar-refractivity contribution in [3.8, 4) is 11.4 Å². The Morgan fingerprint density at radius 2 is 2.23 bits per heavy atom. The van der Waals surface area contributed by atoms with Crippen molar-refractivity contribution in [2.45, 2.75) is 26.2 Å². The number of pyridine rings is 1. The number of amides is 1. The van der Waals surface area contributed by atoms with Crippen molar-refractivity contribution in [2.24, 2.45) is 5.92 Å². The minimum atomic E-state index is -0.182. The SMILES string of the molecule is CC(C)CN1CC(c2nc(-c3ccc(=O)[nH]c3)no2)CC1=O. The molecule has 3 rings (SSSR count). The summed E-state index contributed by atoms with van der Waals surface area (Å²) < 4.78 is 5.30. The van der Waals surface area contributed by atoms with Gasteiger partial charge in [-0.05, 0) is 12.0 Å². The predicted molar refractivity (Wildman–Crippen MR) is 79.1 cm³/mol. The molecule has 1 saturated heterocycles. The van der Waals surface area contributed by atoms with Gasteiger partial charge in [0.1, 0.15) is 0 Å². The van der Waals surface area contributed by atoms with Crippen molar-refractivity contribution in [3.63, 3.8) is 0 Å². The molecule has 22 heavy (non-hydrogen) atoms. The van der Waals surface area contributed by atoms with E-state index in [1.807, 2.05) is 4.90 Å². The average Bonchev–Trinajstić information content (AvgIpc) is 3.07. The van der Waals surface area contributed by atoms with Gasteiger partial charge in [0.2, 0.25) is 23.2 Å². The zero-order valence-electron chi connectivity index (χ0n) is 12.6. The molecule has 0 aromatic carbocycles. The number of nitrogens with zero attached hydrogens (tertiary/aromatic N) is 3. The summed E-state index contributed by atoms with van der Waals surface area (Å²) in [6, 6.07) is 3.05. The monoisotopic (exact) mass is 302 g/mol. The molecule has 116 valence electrons. The van der Waals surface area contributed by atoms with Crippen LogP contribution in [-0.2, 0) is 4.79 Å². The predicted octanol–water partition coefficient (Wildman–Crippen LogP) is 1.40. The van der Waals surface area contributed by atoms with E-state index in [2.05, 4.69) is 29.0 Å². The summed E-state index contributed by atoms with van der Waals surface area (Å²) in [4.78, 5) is 31.9. The molecule has 0 spiro atoms. The quantitative estimate of drug-likeness (QED) is 0.921. The summed E-state index contributed by atoms with van der Waals surface area (Å²) in [5.41, 5.74) is 0.496. The molecule has 0 saturated carbocycles. The minimum Gasteiger partial charge on any atom is -0.342 e. The molecule has 1 aliphatic rings. The van der Waals surface area contributed by atoms with Gasteiger partial charge >= 0.3 is 0 Å². The number of carbonyl (C=O) groups excluding carboxylic acids is 1. The summed E-state index contributed by atoms with van der Waals surface area (Å²) in [5.74, 6) is 1.39. The zero-order chi connectivity index (χ0) is 15.7. The van der Waals surface area contributed by atoms with Crippen molar-refractivity contribution in [2.75, 3.05) is 13.1 Å². The molecule has 0 aliphatic carbocycles. The van der Waals surface area contributed by atoms with Gasteiger partial charge in [0.05, 0.1) is 5.92 Å². The maximum atomic E-state index is 12.0. The van der Waals surface area contributed by atoms with Crippen LogP contribution in [0.4, 0.5) is 0 Å². The Hall–Kier alpha value is -2.44. The van der Waals surface area contributed by atoms with Crippen molar-refractivity contribution in [3.05, 3.63) is 34.6 Å². The Labute approximate surface area is 127 Å². The molecular formula is C15H18N4O3. The van der Waals surface area contributed by atoms with Crippen LogP contribution in [0.3, 0.4) is 0 Å². The highest BCUT2D eigenvalue weighted by Crippen LogP contribution is 2.28. The molecule has 2 aromatic rings. The molecule has 7 nitrogen and oxygen atoms in total. The lowest BCUT2D eigenvalue weighted by molar-refractivity contribution is -0.128. The van der Waals surface area contributed by atoms with Gasteiger partial charge in [-0.1, -0.05) is 19.0 Å². The summed E-state index contributed by atoms with van der Waals surface area (Å²) in [5, 5.41) is 3.93. The number of rotatable bonds is 4. The van der Waals surface area contributed by atoms with Gasteiger partial charge in [-0.2, -0.15) is 4.98 Å². The standard InChI is InChI=1S/C15H18N4O3/c1-9(2)7-19-8-11(5-13(19)21)15-17-14(18-22-15)10-3-4-12(20)16-6-10/h3-4,6,9,11H,5,7-8H2,1-2H3,(H,16,20). The van der Waals surface area contributed by atoms with Crippen molar-refractivity contribution >= 4 is 5.91 Å². The Morgan fingerprint density at radius 1 is 1.41 bits per heavy atom. The van der Waals surface area contributed by atoms with Crippen LogP contribution >= 0.6 is 0 Å². The van der Waals surface area contributed by atoms with Crippen molar-refractivity contribution in [1.82, 2.24) is 20.0 Å². The number of hydrogen-bond donors (Lipinski definition) is 1. The lowest BCUT2D eigenvalue weighted by atomic mass is 10.1. The summed E-state index contributed by atoms with van der Waals surface area (Å²) in [7, 11) is 0. The molecule has 1 atom stereocenters. The highest BCUT2D eigenvalue weighted by atomic mass is 16.5. The molecule has 1 amide bonds. The number of carbonyl (C=O) groups is 1. The molecule has 7 heteroatoms. The maximum Gasteiger partial charge on any atom is 0.247 e. The minimum absolute atomic E-state index is 0.0599. The van der Waals surface area contributed by atoms with Crippen LogP contribution in [0.15, 0.2) is 27.6 Å². The highest BCUT2D eigenvalue weighted by Gasteiger charge is 2.34. The van der Waals surface area contributed by atoms with E-state index < -0.39 is 0 Å². The fourth-order valence-electron chi connectivity index (χ4n) is 2.62. The first kappa shape index (κ1) is 14.5. The Bertz CT molecular complexity index is 714. The second kappa shape index (κ2) is 5.75. The largest absolute Gasteiger partial charge is 0.342 e. The van der Waals surface area contributed by atoms with Crippen LogP contribution in [0.1, 0.15) is 32.1 Å². The second-order valence-electron chi connectivity index (χ2n) is 5.99. The third kappa shape index (κ3) is 2.93. The highest BCUT2D eigenvalue weighted by molar-refractivity contribution is 5.79. The fourth-order valence-corrected chi connectivity index (χ4v) is 2.62. The van der Waals surface area contributed by atoms with Crippen LogP contribution in [0, 0.1) is 5.92 Å². The Morgan fingerprint density at radius 3 is 2.91 bits per heavy atom.